The second-order valence-electron chi connectivity index (χ2n) is 6.53. The summed E-state index contributed by atoms with van der Waals surface area (Å²) in [5.74, 6) is 1.03. The molecule has 0 saturated heterocycles. The zero-order valence-electron chi connectivity index (χ0n) is 12.8. The van der Waals surface area contributed by atoms with Crippen molar-refractivity contribution in [2.24, 2.45) is 5.41 Å². The van der Waals surface area contributed by atoms with Crippen LogP contribution in [0.2, 0.25) is 0 Å². The predicted octanol–water partition coefficient (Wildman–Crippen LogP) is 3.36. The third kappa shape index (κ3) is 3.21. The van der Waals surface area contributed by atoms with E-state index >= 15 is 0 Å². The van der Waals surface area contributed by atoms with Crippen LogP contribution in [0.15, 0.2) is 18.2 Å². The number of hydrogen-bond donors (Lipinski definition) is 1. The Bertz CT molecular complexity index is 437. The quantitative estimate of drug-likeness (QED) is 0.904. The highest BCUT2D eigenvalue weighted by Crippen LogP contribution is 2.33. The summed E-state index contributed by atoms with van der Waals surface area (Å²) in [5, 5.41) is 3.39. The molecule has 3 nitrogen and oxygen atoms in total. The minimum absolute atomic E-state index is 0.280. The third-order valence-corrected chi connectivity index (χ3v) is 4.09. The zero-order chi connectivity index (χ0) is 14.0. The number of anilines is 1. The van der Waals surface area contributed by atoms with Gasteiger partial charge in [-0.3, -0.25) is 4.90 Å². The van der Waals surface area contributed by atoms with E-state index < -0.39 is 0 Å². The van der Waals surface area contributed by atoms with Gasteiger partial charge in [0.25, 0.3) is 0 Å². The fraction of sp³-hybridized carbons (Fsp3) is 0.625. The number of nitrogens with one attached hydrogen (secondary N) is 1. The Morgan fingerprint density at radius 2 is 2.11 bits per heavy atom. The summed E-state index contributed by atoms with van der Waals surface area (Å²) in [6, 6.07) is 6.87. The lowest BCUT2D eigenvalue weighted by Gasteiger charge is -2.36. The van der Waals surface area contributed by atoms with E-state index in [1.54, 1.807) is 0 Å². The van der Waals surface area contributed by atoms with Gasteiger partial charge in [0.1, 0.15) is 12.4 Å². The van der Waals surface area contributed by atoms with Crippen molar-refractivity contribution in [2.45, 2.75) is 40.3 Å². The van der Waals surface area contributed by atoms with Crippen LogP contribution in [0.3, 0.4) is 0 Å². The van der Waals surface area contributed by atoms with Crippen LogP contribution in [0.1, 0.15) is 33.3 Å². The highest BCUT2D eigenvalue weighted by molar-refractivity contribution is 5.61. The molecule has 1 unspecified atom stereocenters. The number of hydrogen-bond acceptors (Lipinski definition) is 3. The van der Waals surface area contributed by atoms with Gasteiger partial charge in [-0.1, -0.05) is 32.9 Å². The highest BCUT2D eigenvalue weighted by Gasteiger charge is 2.25. The van der Waals surface area contributed by atoms with Gasteiger partial charge < -0.3 is 10.1 Å². The van der Waals surface area contributed by atoms with E-state index in [-0.39, 0.29) is 5.41 Å². The topological polar surface area (TPSA) is 24.5 Å². The maximum atomic E-state index is 5.83. The van der Waals surface area contributed by atoms with Gasteiger partial charge in [-0.05, 0) is 25.5 Å². The van der Waals surface area contributed by atoms with Gasteiger partial charge in [0.15, 0.2) is 0 Å². The molecule has 0 spiro atoms. The van der Waals surface area contributed by atoms with Gasteiger partial charge in [-0.2, -0.15) is 0 Å². The van der Waals surface area contributed by atoms with E-state index in [1.807, 2.05) is 0 Å². The van der Waals surface area contributed by atoms with Crippen molar-refractivity contribution in [1.82, 2.24) is 4.90 Å². The first-order valence-electron chi connectivity index (χ1n) is 7.08. The lowest BCUT2D eigenvalue weighted by atomic mass is 9.87. The van der Waals surface area contributed by atoms with Crippen molar-refractivity contribution in [3.05, 3.63) is 23.8 Å². The van der Waals surface area contributed by atoms with E-state index in [0.29, 0.717) is 6.04 Å². The Morgan fingerprint density at radius 3 is 2.79 bits per heavy atom. The molecule has 1 N–H and O–H groups in total. The van der Waals surface area contributed by atoms with Gasteiger partial charge in [-0.25, -0.2) is 0 Å². The number of ether oxygens (including phenoxy) is 1. The van der Waals surface area contributed by atoms with Crippen molar-refractivity contribution in [1.29, 1.82) is 0 Å². The molecule has 0 amide bonds. The number of para-hydroxylation sites is 1. The van der Waals surface area contributed by atoms with E-state index in [9.17, 15) is 0 Å². The SMILES string of the molecule is CC(N(C)Cc1cccc2c1OCCN2)C(C)(C)C. The van der Waals surface area contributed by atoms with Crippen LogP contribution in [0.25, 0.3) is 0 Å². The van der Waals surface area contributed by atoms with Crippen LogP contribution in [0.5, 0.6) is 5.75 Å². The number of fused-ring (bicyclic) bond motifs is 1. The molecule has 0 bridgehead atoms. The van der Waals surface area contributed by atoms with Gasteiger partial charge in [0.05, 0.1) is 5.69 Å². The van der Waals surface area contributed by atoms with E-state index in [1.165, 1.54) is 5.56 Å². The monoisotopic (exact) mass is 262 g/mol. The zero-order valence-corrected chi connectivity index (χ0v) is 12.8. The van der Waals surface area contributed by atoms with Gasteiger partial charge >= 0.3 is 0 Å². The lowest BCUT2D eigenvalue weighted by Crippen LogP contribution is -2.39. The van der Waals surface area contributed by atoms with Crippen molar-refractivity contribution >= 4 is 5.69 Å². The first-order chi connectivity index (χ1) is 8.89. The highest BCUT2D eigenvalue weighted by atomic mass is 16.5. The maximum Gasteiger partial charge on any atom is 0.146 e. The summed E-state index contributed by atoms with van der Waals surface area (Å²) in [4.78, 5) is 2.40. The van der Waals surface area contributed by atoms with Crippen LogP contribution in [0.4, 0.5) is 5.69 Å². The number of rotatable bonds is 3. The van der Waals surface area contributed by atoms with E-state index in [2.05, 4.69) is 63.2 Å². The summed E-state index contributed by atoms with van der Waals surface area (Å²) in [6.07, 6.45) is 0. The Labute approximate surface area is 116 Å². The molecule has 1 aromatic carbocycles. The largest absolute Gasteiger partial charge is 0.489 e. The molecule has 0 radical (unpaired) electrons. The average Bonchev–Trinajstić information content (AvgIpc) is 2.37. The molecule has 1 aliphatic rings. The van der Waals surface area contributed by atoms with Crippen molar-refractivity contribution in [2.75, 3.05) is 25.5 Å². The van der Waals surface area contributed by atoms with Crippen LogP contribution >= 0.6 is 0 Å². The minimum atomic E-state index is 0.280. The molecule has 19 heavy (non-hydrogen) atoms. The molecule has 1 aliphatic heterocycles. The molecular formula is C16H26N2O. The summed E-state index contributed by atoms with van der Waals surface area (Å²) in [7, 11) is 2.19. The number of benzene rings is 1. The molecule has 0 aliphatic carbocycles. The van der Waals surface area contributed by atoms with Gasteiger partial charge in [0.2, 0.25) is 0 Å². The molecule has 2 rings (SSSR count). The first-order valence-corrected chi connectivity index (χ1v) is 7.08. The molecule has 0 saturated carbocycles. The minimum Gasteiger partial charge on any atom is -0.489 e. The summed E-state index contributed by atoms with van der Waals surface area (Å²) in [5.41, 5.74) is 2.67. The van der Waals surface area contributed by atoms with Crippen LogP contribution < -0.4 is 10.1 Å². The van der Waals surface area contributed by atoms with Crippen LogP contribution in [-0.4, -0.2) is 31.1 Å². The first kappa shape index (κ1) is 14.2. The van der Waals surface area contributed by atoms with Crippen LogP contribution in [-0.2, 0) is 6.54 Å². The summed E-state index contributed by atoms with van der Waals surface area (Å²) >= 11 is 0. The Balaban J connectivity index is 2.15. The molecule has 1 aromatic rings. The maximum absolute atomic E-state index is 5.83. The predicted molar refractivity (Wildman–Crippen MR) is 80.8 cm³/mol. The molecule has 106 valence electrons. The molecule has 3 heteroatoms. The fourth-order valence-corrected chi connectivity index (χ4v) is 2.42. The Hall–Kier alpha value is -1.22. The van der Waals surface area contributed by atoms with Gasteiger partial charge in [-0.15, -0.1) is 0 Å². The van der Waals surface area contributed by atoms with Gasteiger partial charge in [0, 0.05) is 24.7 Å². The fourth-order valence-electron chi connectivity index (χ4n) is 2.42. The Kier molecular flexibility index (Phi) is 4.04. The smallest absolute Gasteiger partial charge is 0.146 e. The normalized spacial score (nSPS) is 16.5. The molecule has 1 atom stereocenters. The Morgan fingerprint density at radius 1 is 1.37 bits per heavy atom. The third-order valence-electron chi connectivity index (χ3n) is 4.09. The molecule has 1 heterocycles. The molecule has 0 aromatic heterocycles. The van der Waals surface area contributed by atoms with E-state index in [0.717, 1.165) is 31.1 Å². The van der Waals surface area contributed by atoms with Crippen molar-refractivity contribution < 1.29 is 4.74 Å². The standard InChI is InChI=1S/C16H26N2O/c1-12(16(2,3)4)18(5)11-13-7-6-8-14-15(13)19-10-9-17-14/h6-8,12,17H,9-11H2,1-5H3. The van der Waals surface area contributed by atoms with Crippen molar-refractivity contribution in [3.63, 3.8) is 0 Å². The second kappa shape index (κ2) is 5.41. The summed E-state index contributed by atoms with van der Waals surface area (Å²) < 4.78 is 5.83. The van der Waals surface area contributed by atoms with Crippen LogP contribution in [0, 0.1) is 5.41 Å². The van der Waals surface area contributed by atoms with E-state index in [4.69, 9.17) is 4.74 Å². The summed E-state index contributed by atoms with van der Waals surface area (Å²) in [6.45, 7) is 11.7. The number of nitrogens with zero attached hydrogens (tertiary/aromatic N) is 1. The lowest BCUT2D eigenvalue weighted by molar-refractivity contribution is 0.133. The molecular weight excluding hydrogens is 236 g/mol. The second-order valence-corrected chi connectivity index (χ2v) is 6.53. The van der Waals surface area contributed by atoms with Crippen molar-refractivity contribution in [3.8, 4) is 5.75 Å². The molecule has 0 fully saturated rings. The average molecular weight is 262 g/mol.